The minimum Gasteiger partial charge on any atom is -0.550 e. The maximum absolute atomic E-state index is 12.7. The average molecular weight is 531 g/mol. The Labute approximate surface area is 247 Å². The van der Waals surface area contributed by atoms with Gasteiger partial charge in [0.2, 0.25) is 0 Å². The quantitative estimate of drug-likeness (QED) is 0.276. The molecule has 0 atom stereocenters. The van der Waals surface area contributed by atoms with Crippen molar-refractivity contribution in [3.8, 4) is 5.75 Å². The molecule has 38 heavy (non-hydrogen) atoms. The third-order valence-electron chi connectivity index (χ3n) is 5.82. The summed E-state index contributed by atoms with van der Waals surface area (Å²) in [4.78, 5) is 28.5. The van der Waals surface area contributed by atoms with Crippen molar-refractivity contribution in [2.45, 2.75) is 12.8 Å². The minimum absolute atomic E-state index is 0. The second-order valence-corrected chi connectivity index (χ2v) is 9.55. The Bertz CT molecular complexity index is 1520. The summed E-state index contributed by atoms with van der Waals surface area (Å²) in [6.45, 7) is 0.512. The molecule has 1 heterocycles. The van der Waals surface area contributed by atoms with Gasteiger partial charge in [0.05, 0.1) is 17.2 Å². The topological polar surface area (TPSA) is 90.8 Å². The smallest absolute Gasteiger partial charge is 0.550 e. The molecule has 1 aliphatic rings. The number of amides is 1. The molecule has 0 aromatic heterocycles. The molecule has 6 nitrogen and oxygen atoms in total. The molecule has 0 spiro atoms. The number of carbonyl (C=O) groups is 2. The van der Waals surface area contributed by atoms with E-state index in [4.69, 9.17) is 4.74 Å². The zero-order valence-electron chi connectivity index (χ0n) is 20.8. The molecule has 1 fully saturated rings. The summed E-state index contributed by atoms with van der Waals surface area (Å²) < 4.78 is 6.19. The Morgan fingerprint density at radius 1 is 0.921 bits per heavy atom. The normalized spacial score (nSPS) is 14.9. The summed E-state index contributed by atoms with van der Waals surface area (Å²) in [5.41, 5.74) is 3.25. The van der Waals surface area contributed by atoms with Gasteiger partial charge in [-0.1, -0.05) is 66.7 Å². The van der Waals surface area contributed by atoms with E-state index in [0.29, 0.717) is 33.7 Å². The van der Waals surface area contributed by atoms with Gasteiger partial charge >= 0.3 is 29.6 Å². The van der Waals surface area contributed by atoms with E-state index in [2.05, 4.69) is 22.4 Å². The van der Waals surface area contributed by atoms with E-state index in [1.807, 2.05) is 60.7 Å². The van der Waals surface area contributed by atoms with Gasteiger partial charge in [-0.25, -0.2) is 4.99 Å². The molecule has 0 radical (unpaired) electrons. The molecule has 5 rings (SSSR count). The fourth-order valence-corrected chi connectivity index (χ4v) is 4.83. The second kappa shape index (κ2) is 12.9. The molecule has 1 N–H and O–H groups in total. The van der Waals surface area contributed by atoms with Crippen LogP contribution < -0.4 is 44.7 Å². The van der Waals surface area contributed by atoms with E-state index in [1.165, 1.54) is 17.3 Å². The zero-order chi connectivity index (χ0) is 25.6. The van der Waals surface area contributed by atoms with Gasteiger partial charge in [-0.15, -0.1) is 0 Å². The van der Waals surface area contributed by atoms with Crippen LogP contribution in [0.5, 0.6) is 5.75 Å². The SMILES string of the molecule is O=C([O-])Cc1ccc(N=C2NC(=O)C(=Cc3cc4ccccc4cc3OCCc3ccccc3)S2)cc1.[Na+]. The van der Waals surface area contributed by atoms with Crippen LogP contribution in [0.3, 0.4) is 0 Å². The molecular formula is C30H23N2NaO4S. The van der Waals surface area contributed by atoms with Gasteiger partial charge in [-0.05, 0) is 64.0 Å². The van der Waals surface area contributed by atoms with Gasteiger partial charge in [-0.3, -0.25) is 4.79 Å². The first-order valence-corrected chi connectivity index (χ1v) is 12.6. The van der Waals surface area contributed by atoms with E-state index in [-0.39, 0.29) is 41.9 Å². The number of nitrogens with zero attached hydrogens (tertiary/aromatic N) is 1. The predicted octanol–water partition coefficient (Wildman–Crippen LogP) is 1.65. The van der Waals surface area contributed by atoms with Gasteiger partial charge in [0.25, 0.3) is 5.91 Å². The number of rotatable bonds is 8. The fourth-order valence-electron chi connectivity index (χ4n) is 3.99. The average Bonchev–Trinajstić information content (AvgIpc) is 3.24. The van der Waals surface area contributed by atoms with Crippen molar-refractivity contribution < 1.29 is 49.0 Å². The van der Waals surface area contributed by atoms with Crippen LogP contribution in [0, 0.1) is 0 Å². The first-order chi connectivity index (χ1) is 18.0. The van der Waals surface area contributed by atoms with Gasteiger partial charge in [0.1, 0.15) is 5.75 Å². The molecule has 0 bridgehead atoms. The molecule has 0 unspecified atom stereocenters. The maximum Gasteiger partial charge on any atom is 1.00 e. The van der Waals surface area contributed by atoms with Crippen molar-refractivity contribution >= 4 is 51.3 Å². The predicted molar refractivity (Wildman–Crippen MR) is 146 cm³/mol. The van der Waals surface area contributed by atoms with Gasteiger partial charge < -0.3 is 20.0 Å². The van der Waals surface area contributed by atoms with Crippen molar-refractivity contribution in [2.24, 2.45) is 4.99 Å². The Balaban J connectivity index is 0.00000336. The number of fused-ring (bicyclic) bond motifs is 1. The van der Waals surface area contributed by atoms with Crippen LogP contribution in [0.25, 0.3) is 16.8 Å². The zero-order valence-corrected chi connectivity index (χ0v) is 23.7. The number of amidine groups is 1. The molecule has 184 valence electrons. The summed E-state index contributed by atoms with van der Waals surface area (Å²) >= 11 is 1.25. The molecular weight excluding hydrogens is 507 g/mol. The molecule has 8 heteroatoms. The van der Waals surface area contributed by atoms with Crippen LogP contribution in [0.1, 0.15) is 16.7 Å². The number of carbonyl (C=O) groups excluding carboxylic acids is 2. The molecule has 1 amide bonds. The van der Waals surface area contributed by atoms with Gasteiger partial charge in [-0.2, -0.15) is 0 Å². The number of nitrogens with one attached hydrogen (secondary N) is 1. The van der Waals surface area contributed by atoms with Gasteiger partial charge in [0, 0.05) is 24.4 Å². The Kier molecular flexibility index (Phi) is 9.42. The van der Waals surface area contributed by atoms with Crippen molar-refractivity contribution in [1.29, 1.82) is 0 Å². The number of carboxylic acid groups (broad SMARTS) is 1. The van der Waals surface area contributed by atoms with Crippen LogP contribution in [-0.2, 0) is 22.4 Å². The van der Waals surface area contributed by atoms with Crippen LogP contribution in [0.2, 0.25) is 0 Å². The van der Waals surface area contributed by atoms with Crippen LogP contribution in [0.4, 0.5) is 5.69 Å². The van der Waals surface area contributed by atoms with Crippen LogP contribution in [0.15, 0.2) is 101 Å². The number of benzene rings is 4. The van der Waals surface area contributed by atoms with Crippen LogP contribution in [-0.4, -0.2) is 23.7 Å². The molecule has 1 saturated heterocycles. The number of ether oxygens (including phenoxy) is 1. The number of aliphatic carboxylic acids is 1. The number of aliphatic imine (C=N–C) groups is 1. The fraction of sp³-hybridized carbons (Fsp3) is 0.100. The summed E-state index contributed by atoms with van der Waals surface area (Å²) in [5, 5.41) is 16.1. The Morgan fingerprint density at radius 3 is 2.32 bits per heavy atom. The first-order valence-electron chi connectivity index (χ1n) is 11.8. The third kappa shape index (κ3) is 7.14. The van der Waals surface area contributed by atoms with E-state index in [9.17, 15) is 14.7 Å². The summed E-state index contributed by atoms with van der Waals surface area (Å²) in [6, 6.07) is 29.0. The number of carboxylic acids is 1. The molecule has 4 aromatic rings. The summed E-state index contributed by atoms with van der Waals surface area (Å²) in [7, 11) is 0. The monoisotopic (exact) mass is 530 g/mol. The first kappa shape index (κ1) is 27.7. The van der Waals surface area contributed by atoms with Crippen molar-refractivity contribution in [1.82, 2.24) is 5.32 Å². The Hall–Kier alpha value is -3.36. The van der Waals surface area contributed by atoms with Gasteiger partial charge in [0.15, 0.2) is 5.17 Å². The van der Waals surface area contributed by atoms with E-state index < -0.39 is 5.97 Å². The minimum atomic E-state index is -1.13. The molecule has 1 aliphatic heterocycles. The standard InChI is InChI=1S/C30H24N2O4S.Na/c33-28(34)16-21-10-12-25(13-11-21)31-30-32-29(35)27(37-30)19-24-17-22-8-4-5-9-23(22)18-26(24)36-15-14-20-6-2-1-3-7-20;/h1-13,17-19H,14-16H2,(H,33,34)(H,31,32,35);/q;+1/p-1. The number of hydrogen-bond acceptors (Lipinski definition) is 6. The second-order valence-electron chi connectivity index (χ2n) is 8.52. The molecule has 0 aliphatic carbocycles. The van der Waals surface area contributed by atoms with E-state index >= 15 is 0 Å². The summed E-state index contributed by atoms with van der Waals surface area (Å²) in [5.74, 6) is -0.658. The number of thioether (sulfide) groups is 1. The summed E-state index contributed by atoms with van der Waals surface area (Å²) in [6.07, 6.45) is 2.45. The van der Waals surface area contributed by atoms with Crippen LogP contribution >= 0.6 is 11.8 Å². The van der Waals surface area contributed by atoms with Crippen molar-refractivity contribution in [2.75, 3.05) is 6.61 Å². The largest absolute Gasteiger partial charge is 1.00 e. The van der Waals surface area contributed by atoms with E-state index in [1.54, 1.807) is 24.3 Å². The van der Waals surface area contributed by atoms with Crippen molar-refractivity contribution in [3.63, 3.8) is 0 Å². The van der Waals surface area contributed by atoms with Crippen molar-refractivity contribution in [3.05, 3.63) is 113 Å². The Morgan fingerprint density at radius 2 is 1.61 bits per heavy atom. The van der Waals surface area contributed by atoms with E-state index in [0.717, 1.165) is 22.8 Å². The maximum atomic E-state index is 12.7. The number of hydrogen-bond donors (Lipinski definition) is 1. The third-order valence-corrected chi connectivity index (χ3v) is 6.73. The molecule has 4 aromatic carbocycles. The molecule has 0 saturated carbocycles.